The van der Waals surface area contributed by atoms with Crippen LogP contribution in [0.2, 0.25) is 0 Å². The van der Waals surface area contributed by atoms with E-state index in [1.54, 1.807) is 12.3 Å². The first-order chi connectivity index (χ1) is 19.8. The number of non-ortho nitro benzene ring substituents is 1. The number of nitro groups is 1. The second-order valence-corrected chi connectivity index (χ2v) is 10.2. The van der Waals surface area contributed by atoms with Gasteiger partial charge in [-0.05, 0) is 42.9 Å². The molecule has 4 N–H and O–H groups in total. The van der Waals surface area contributed by atoms with E-state index >= 15 is 0 Å². The number of likely N-dealkylation sites (N-methyl/N-ethyl adjacent to an activating group) is 1. The summed E-state index contributed by atoms with van der Waals surface area (Å²) in [5.74, 6) is 0.139. The van der Waals surface area contributed by atoms with Crippen molar-refractivity contribution in [2.45, 2.75) is 26.8 Å². The molecule has 1 fully saturated rings. The van der Waals surface area contributed by atoms with Gasteiger partial charge < -0.3 is 26.2 Å². The van der Waals surface area contributed by atoms with Crippen LogP contribution in [0.3, 0.4) is 0 Å². The number of primary amides is 1. The molecule has 0 spiro atoms. The number of carbonyl (C=O) groups excluding carboxylic acids is 1. The Labute approximate surface area is 241 Å². The van der Waals surface area contributed by atoms with Crippen molar-refractivity contribution in [2.24, 2.45) is 5.73 Å². The van der Waals surface area contributed by atoms with Crippen molar-refractivity contribution in [3.63, 3.8) is 0 Å². The highest BCUT2D eigenvalue weighted by molar-refractivity contribution is 5.79. The Bertz CT molecular complexity index is 1310. The Morgan fingerprint density at radius 1 is 1.07 bits per heavy atom. The Balaban J connectivity index is 1.37. The first-order valence-corrected chi connectivity index (χ1v) is 14.2. The molecule has 0 bridgehead atoms. The molecule has 4 rings (SSSR count). The van der Waals surface area contributed by atoms with Crippen LogP contribution in [0.5, 0.6) is 0 Å². The highest BCUT2D eigenvalue weighted by Crippen LogP contribution is 2.25. The fourth-order valence-corrected chi connectivity index (χ4v) is 4.98. The molecule has 0 saturated carbocycles. The maximum Gasteiger partial charge on any atom is 0.269 e. The smallest absolute Gasteiger partial charge is 0.269 e. The van der Waals surface area contributed by atoms with E-state index in [1.807, 2.05) is 24.3 Å². The van der Waals surface area contributed by atoms with Gasteiger partial charge in [-0.25, -0.2) is 4.98 Å². The van der Waals surface area contributed by atoms with Crippen molar-refractivity contribution < 1.29 is 9.72 Å². The van der Waals surface area contributed by atoms with Crippen molar-refractivity contribution in [2.75, 3.05) is 67.9 Å². The third-order valence-electron chi connectivity index (χ3n) is 7.46. The summed E-state index contributed by atoms with van der Waals surface area (Å²) in [4.78, 5) is 34.2. The minimum Gasteiger partial charge on any atom is -0.381 e. The molecular weight excluding hydrogens is 520 g/mol. The van der Waals surface area contributed by atoms with Crippen LogP contribution in [0.1, 0.15) is 25.0 Å². The number of nitrogens with two attached hydrogens (primary N) is 1. The lowest BCUT2D eigenvalue weighted by Gasteiger charge is -2.37. The van der Waals surface area contributed by atoms with Crippen LogP contribution < -0.4 is 21.3 Å². The van der Waals surface area contributed by atoms with Gasteiger partial charge in [-0.15, -0.1) is 0 Å². The van der Waals surface area contributed by atoms with Gasteiger partial charge in [-0.2, -0.15) is 0 Å². The van der Waals surface area contributed by atoms with Gasteiger partial charge in [0.15, 0.2) is 0 Å². The number of nitrogens with one attached hydrogen (secondary N) is 2. The van der Waals surface area contributed by atoms with E-state index in [0.717, 1.165) is 63.6 Å². The second-order valence-electron chi connectivity index (χ2n) is 10.2. The Hall–Kier alpha value is -4.22. The molecular formula is C30H40N8O3. The third-order valence-corrected chi connectivity index (χ3v) is 7.46. The highest BCUT2D eigenvalue weighted by atomic mass is 16.6. The van der Waals surface area contributed by atoms with Crippen LogP contribution in [-0.4, -0.2) is 78.0 Å². The number of rotatable bonds is 14. The summed E-state index contributed by atoms with van der Waals surface area (Å²) in [6, 6.07) is 16.6. The van der Waals surface area contributed by atoms with Gasteiger partial charge >= 0.3 is 0 Å². The number of benzene rings is 2. The van der Waals surface area contributed by atoms with E-state index in [2.05, 4.69) is 56.3 Å². The van der Waals surface area contributed by atoms with Crippen LogP contribution in [0.4, 0.5) is 28.6 Å². The van der Waals surface area contributed by atoms with Gasteiger partial charge in [0.2, 0.25) is 5.91 Å². The number of aromatic nitrogens is 1. The Kier molecular flexibility index (Phi) is 10.5. The molecule has 41 heavy (non-hydrogen) atoms. The summed E-state index contributed by atoms with van der Waals surface area (Å²) in [6.45, 7) is 13.4. The Morgan fingerprint density at radius 3 is 2.46 bits per heavy atom. The predicted molar refractivity (Wildman–Crippen MR) is 164 cm³/mol. The molecule has 11 nitrogen and oxygen atoms in total. The van der Waals surface area contributed by atoms with Crippen molar-refractivity contribution in [1.29, 1.82) is 0 Å². The second kappa shape index (κ2) is 14.4. The third kappa shape index (κ3) is 8.63. The van der Waals surface area contributed by atoms with Gasteiger partial charge in [0.1, 0.15) is 5.82 Å². The molecule has 0 unspecified atom stereocenters. The number of hydrogen-bond acceptors (Lipinski definition) is 9. The molecule has 1 aliphatic heterocycles. The van der Waals surface area contributed by atoms with E-state index in [-0.39, 0.29) is 12.1 Å². The molecule has 1 aliphatic rings. The molecule has 1 saturated heterocycles. The minimum absolute atomic E-state index is 0.0272. The summed E-state index contributed by atoms with van der Waals surface area (Å²) >= 11 is 0. The molecule has 11 heteroatoms. The van der Waals surface area contributed by atoms with Gasteiger partial charge in [0, 0.05) is 92.8 Å². The standard InChI is InChI=1S/C30H40N8O3/c1-3-35(4-2)12-13-36-14-16-37(17-15-36)26-10-8-25(9-11-26)34-30-20-28(24(22-33-30)19-29(31)39)32-21-23-6-5-7-27(18-23)38(40)41/h5-11,18,20,22H,3-4,12-17,19,21H2,1-2H3,(H2,31,39)(H2,32,33,34). The van der Waals surface area contributed by atoms with Crippen LogP contribution in [-0.2, 0) is 17.8 Å². The monoisotopic (exact) mass is 560 g/mol. The predicted octanol–water partition coefficient (Wildman–Crippen LogP) is 3.84. The van der Waals surface area contributed by atoms with Crippen molar-refractivity contribution in [1.82, 2.24) is 14.8 Å². The van der Waals surface area contributed by atoms with Gasteiger partial charge in [0.05, 0.1) is 11.3 Å². The number of carbonyl (C=O) groups is 1. The maximum atomic E-state index is 11.6. The fourth-order valence-electron chi connectivity index (χ4n) is 4.98. The van der Waals surface area contributed by atoms with E-state index in [4.69, 9.17) is 5.73 Å². The molecule has 1 amide bonds. The van der Waals surface area contributed by atoms with Gasteiger partial charge in [-0.1, -0.05) is 26.0 Å². The first kappa shape index (κ1) is 29.8. The number of hydrogen-bond donors (Lipinski definition) is 3. The largest absolute Gasteiger partial charge is 0.381 e. The molecule has 3 aromatic rings. The summed E-state index contributed by atoms with van der Waals surface area (Å²) in [5.41, 5.74) is 9.65. The van der Waals surface area contributed by atoms with Crippen molar-refractivity contribution in [3.05, 3.63) is 82.0 Å². The van der Waals surface area contributed by atoms with Crippen LogP contribution >= 0.6 is 0 Å². The number of anilines is 4. The lowest BCUT2D eigenvalue weighted by Crippen LogP contribution is -2.48. The lowest BCUT2D eigenvalue weighted by molar-refractivity contribution is -0.384. The SMILES string of the molecule is CCN(CC)CCN1CCN(c2ccc(Nc3cc(NCc4cccc([N+](=O)[O-])c4)c(CC(N)=O)cn3)cc2)CC1. The molecule has 0 aliphatic carbocycles. The maximum absolute atomic E-state index is 11.6. The van der Waals surface area contributed by atoms with Crippen molar-refractivity contribution in [3.8, 4) is 0 Å². The molecule has 2 heterocycles. The normalized spacial score (nSPS) is 13.8. The van der Waals surface area contributed by atoms with E-state index in [9.17, 15) is 14.9 Å². The highest BCUT2D eigenvalue weighted by Gasteiger charge is 2.18. The van der Waals surface area contributed by atoms with Gasteiger partial charge in [-0.3, -0.25) is 19.8 Å². The number of piperazine rings is 1. The number of nitrogens with zero attached hydrogens (tertiary/aromatic N) is 5. The molecule has 218 valence electrons. The van der Waals surface area contributed by atoms with Crippen molar-refractivity contribution >= 4 is 34.5 Å². The number of pyridine rings is 1. The minimum atomic E-state index is -0.466. The lowest BCUT2D eigenvalue weighted by atomic mass is 10.1. The van der Waals surface area contributed by atoms with Crippen LogP contribution in [0.25, 0.3) is 0 Å². The zero-order chi connectivity index (χ0) is 29.2. The fraction of sp³-hybridized carbons (Fsp3) is 0.400. The van der Waals surface area contributed by atoms with E-state index in [1.165, 1.54) is 17.8 Å². The van der Waals surface area contributed by atoms with Crippen LogP contribution in [0.15, 0.2) is 60.8 Å². The molecule has 0 atom stereocenters. The van der Waals surface area contributed by atoms with Gasteiger partial charge in [0.25, 0.3) is 5.69 Å². The number of amides is 1. The average molecular weight is 561 g/mol. The Morgan fingerprint density at radius 2 is 1.80 bits per heavy atom. The summed E-state index contributed by atoms with van der Waals surface area (Å²) < 4.78 is 0. The summed E-state index contributed by atoms with van der Waals surface area (Å²) in [7, 11) is 0. The summed E-state index contributed by atoms with van der Waals surface area (Å²) in [6.07, 6.45) is 1.65. The topological polar surface area (TPSA) is 133 Å². The van der Waals surface area contributed by atoms with E-state index in [0.29, 0.717) is 23.6 Å². The van der Waals surface area contributed by atoms with E-state index < -0.39 is 10.8 Å². The zero-order valence-corrected chi connectivity index (χ0v) is 23.9. The number of nitro benzene ring substituents is 1. The van der Waals surface area contributed by atoms with Crippen LogP contribution in [0, 0.1) is 10.1 Å². The summed E-state index contributed by atoms with van der Waals surface area (Å²) in [5, 5.41) is 17.7. The quantitative estimate of drug-likeness (QED) is 0.199. The average Bonchev–Trinajstić information content (AvgIpc) is 2.98. The first-order valence-electron chi connectivity index (χ1n) is 14.2. The molecule has 2 aromatic carbocycles. The zero-order valence-electron chi connectivity index (χ0n) is 23.9. The molecule has 0 radical (unpaired) electrons. The molecule has 1 aromatic heterocycles.